The van der Waals surface area contributed by atoms with Gasteiger partial charge in [0.05, 0.1) is 12.3 Å². The molecule has 0 aliphatic heterocycles. The first-order valence-electron chi connectivity index (χ1n) is 5.10. The van der Waals surface area contributed by atoms with Crippen molar-refractivity contribution in [1.29, 1.82) is 0 Å². The number of ether oxygens (including phenoxy) is 1. The van der Waals surface area contributed by atoms with Crippen LogP contribution < -0.4 is 4.74 Å². The Morgan fingerprint density at radius 2 is 2.06 bits per heavy atom. The largest absolute Gasteiger partial charge is 0.473 e. The first-order valence-corrected chi connectivity index (χ1v) is 5.10. The molecule has 0 aliphatic rings. The maximum absolute atomic E-state index is 8.93. The number of aryl methyl sites for hydroxylation is 1. The molecule has 0 bridgehead atoms. The summed E-state index contributed by atoms with van der Waals surface area (Å²) in [4.78, 5) is 0. The van der Waals surface area contributed by atoms with Crippen molar-refractivity contribution in [3.05, 3.63) is 47.7 Å². The molecule has 0 fully saturated rings. The predicted octanol–water partition coefficient (Wildman–Crippen LogP) is 1.49. The molecule has 0 spiro atoms. The van der Waals surface area contributed by atoms with Crippen molar-refractivity contribution in [3.8, 4) is 5.88 Å². The van der Waals surface area contributed by atoms with E-state index >= 15 is 0 Å². The number of aliphatic hydroxyl groups is 1. The summed E-state index contributed by atoms with van der Waals surface area (Å²) in [5, 5.41) is 13.0. The van der Waals surface area contributed by atoms with Crippen molar-refractivity contribution < 1.29 is 9.84 Å². The molecule has 0 atom stereocenters. The van der Waals surface area contributed by atoms with E-state index in [0.717, 1.165) is 5.56 Å². The van der Waals surface area contributed by atoms with Gasteiger partial charge in [0.25, 0.3) is 0 Å². The highest BCUT2D eigenvalue weighted by Gasteiger charge is 2.04. The van der Waals surface area contributed by atoms with Crippen molar-refractivity contribution >= 4 is 0 Å². The van der Waals surface area contributed by atoms with Gasteiger partial charge < -0.3 is 9.84 Å². The van der Waals surface area contributed by atoms with Gasteiger partial charge in [0, 0.05) is 13.1 Å². The molecule has 2 aromatic rings. The SMILES string of the molecule is Cn1nc(CO)cc1OCc1ccccc1. The summed E-state index contributed by atoms with van der Waals surface area (Å²) < 4.78 is 7.21. The highest BCUT2D eigenvalue weighted by atomic mass is 16.5. The molecular weight excluding hydrogens is 204 g/mol. The van der Waals surface area contributed by atoms with Crippen LogP contribution in [-0.2, 0) is 20.3 Å². The minimum atomic E-state index is -0.0669. The standard InChI is InChI=1S/C12H14N2O2/c1-14-12(7-11(8-15)13-14)16-9-10-5-3-2-4-6-10/h2-7,15H,8-9H2,1H3. The van der Waals surface area contributed by atoms with Gasteiger partial charge >= 0.3 is 0 Å². The Morgan fingerprint density at radius 1 is 1.31 bits per heavy atom. The number of aromatic nitrogens is 2. The number of nitrogens with zero attached hydrogens (tertiary/aromatic N) is 2. The lowest BCUT2D eigenvalue weighted by Gasteiger charge is -2.05. The second-order valence-electron chi connectivity index (χ2n) is 3.53. The van der Waals surface area contributed by atoms with Crippen LogP contribution in [0.5, 0.6) is 5.88 Å². The van der Waals surface area contributed by atoms with Crippen LogP contribution in [0, 0.1) is 0 Å². The van der Waals surface area contributed by atoms with E-state index in [-0.39, 0.29) is 6.61 Å². The summed E-state index contributed by atoms with van der Waals surface area (Å²) in [6.45, 7) is 0.438. The molecule has 0 saturated carbocycles. The summed E-state index contributed by atoms with van der Waals surface area (Å²) in [5.74, 6) is 0.660. The molecular formula is C12H14N2O2. The molecule has 0 radical (unpaired) electrons. The molecule has 1 aromatic carbocycles. The third-order valence-electron chi connectivity index (χ3n) is 2.28. The Morgan fingerprint density at radius 3 is 2.69 bits per heavy atom. The summed E-state index contributed by atoms with van der Waals surface area (Å²) in [7, 11) is 1.79. The minimum Gasteiger partial charge on any atom is -0.473 e. The highest BCUT2D eigenvalue weighted by molar-refractivity contribution is 5.18. The fourth-order valence-electron chi connectivity index (χ4n) is 1.45. The van der Waals surface area contributed by atoms with E-state index in [4.69, 9.17) is 9.84 Å². The molecule has 1 N–H and O–H groups in total. The minimum absolute atomic E-state index is 0.0669. The first kappa shape index (κ1) is 10.7. The predicted molar refractivity (Wildman–Crippen MR) is 59.9 cm³/mol. The number of benzene rings is 1. The van der Waals surface area contributed by atoms with Gasteiger partial charge in [0.1, 0.15) is 6.61 Å². The monoisotopic (exact) mass is 218 g/mol. The fraction of sp³-hybridized carbons (Fsp3) is 0.250. The molecule has 84 valence electrons. The molecule has 4 nitrogen and oxygen atoms in total. The average molecular weight is 218 g/mol. The van der Waals surface area contributed by atoms with Gasteiger partial charge in [-0.1, -0.05) is 30.3 Å². The van der Waals surface area contributed by atoms with E-state index in [1.165, 1.54) is 0 Å². The summed E-state index contributed by atoms with van der Waals surface area (Å²) in [6, 6.07) is 11.7. The Kier molecular flexibility index (Phi) is 3.22. The lowest BCUT2D eigenvalue weighted by Crippen LogP contribution is -2.00. The van der Waals surface area contributed by atoms with Gasteiger partial charge in [-0.25, -0.2) is 4.68 Å². The van der Waals surface area contributed by atoms with Crippen molar-refractivity contribution in [2.45, 2.75) is 13.2 Å². The van der Waals surface area contributed by atoms with Crippen LogP contribution >= 0.6 is 0 Å². The lowest BCUT2D eigenvalue weighted by atomic mass is 10.2. The van der Waals surface area contributed by atoms with Crippen molar-refractivity contribution in [1.82, 2.24) is 9.78 Å². The molecule has 0 amide bonds. The van der Waals surface area contributed by atoms with Crippen molar-refractivity contribution in [2.24, 2.45) is 7.05 Å². The van der Waals surface area contributed by atoms with E-state index in [9.17, 15) is 0 Å². The lowest BCUT2D eigenvalue weighted by molar-refractivity contribution is 0.275. The van der Waals surface area contributed by atoms with E-state index in [1.807, 2.05) is 30.3 Å². The summed E-state index contributed by atoms with van der Waals surface area (Å²) >= 11 is 0. The molecule has 16 heavy (non-hydrogen) atoms. The van der Waals surface area contributed by atoms with E-state index in [2.05, 4.69) is 5.10 Å². The fourth-order valence-corrected chi connectivity index (χ4v) is 1.45. The smallest absolute Gasteiger partial charge is 0.212 e. The van der Waals surface area contributed by atoms with Gasteiger partial charge in [-0.15, -0.1) is 0 Å². The highest BCUT2D eigenvalue weighted by Crippen LogP contribution is 2.13. The number of hydrogen-bond donors (Lipinski definition) is 1. The van der Waals surface area contributed by atoms with Gasteiger partial charge in [0.15, 0.2) is 0 Å². The van der Waals surface area contributed by atoms with Crippen LogP contribution in [0.15, 0.2) is 36.4 Å². The number of rotatable bonds is 4. The zero-order valence-corrected chi connectivity index (χ0v) is 9.13. The zero-order chi connectivity index (χ0) is 11.4. The van der Waals surface area contributed by atoms with Crippen LogP contribution in [0.3, 0.4) is 0 Å². The first-order chi connectivity index (χ1) is 7.79. The molecule has 4 heteroatoms. The topological polar surface area (TPSA) is 47.3 Å². The summed E-state index contributed by atoms with van der Waals surface area (Å²) in [6.07, 6.45) is 0. The van der Waals surface area contributed by atoms with E-state index in [0.29, 0.717) is 18.2 Å². The quantitative estimate of drug-likeness (QED) is 0.845. The molecule has 0 aliphatic carbocycles. The van der Waals surface area contributed by atoms with E-state index < -0.39 is 0 Å². The molecule has 0 saturated heterocycles. The van der Waals surface area contributed by atoms with Crippen LogP contribution in [-0.4, -0.2) is 14.9 Å². The Hall–Kier alpha value is -1.81. The molecule has 0 unspecified atom stereocenters. The normalized spacial score (nSPS) is 10.4. The third-order valence-corrected chi connectivity index (χ3v) is 2.28. The maximum atomic E-state index is 8.93. The van der Waals surface area contributed by atoms with Crippen molar-refractivity contribution in [2.75, 3.05) is 0 Å². The van der Waals surface area contributed by atoms with Crippen LogP contribution in [0.2, 0.25) is 0 Å². The molecule has 1 aromatic heterocycles. The maximum Gasteiger partial charge on any atom is 0.212 e. The van der Waals surface area contributed by atoms with Crippen LogP contribution in [0.25, 0.3) is 0 Å². The molecule has 2 rings (SSSR count). The zero-order valence-electron chi connectivity index (χ0n) is 9.13. The third kappa shape index (κ3) is 2.41. The van der Waals surface area contributed by atoms with Gasteiger partial charge in [0.2, 0.25) is 5.88 Å². The number of aliphatic hydroxyl groups excluding tert-OH is 1. The van der Waals surface area contributed by atoms with Gasteiger partial charge in [-0.3, -0.25) is 0 Å². The van der Waals surface area contributed by atoms with Gasteiger partial charge in [-0.05, 0) is 5.56 Å². The Labute approximate surface area is 94.1 Å². The van der Waals surface area contributed by atoms with Crippen LogP contribution in [0.1, 0.15) is 11.3 Å². The van der Waals surface area contributed by atoms with Crippen LogP contribution in [0.4, 0.5) is 0 Å². The Balaban J connectivity index is 2.02. The van der Waals surface area contributed by atoms with E-state index in [1.54, 1.807) is 17.8 Å². The second kappa shape index (κ2) is 4.81. The number of hydrogen-bond acceptors (Lipinski definition) is 3. The molecule has 1 heterocycles. The Bertz CT molecular complexity index is 451. The summed E-state index contributed by atoms with van der Waals surface area (Å²) in [5.41, 5.74) is 1.72. The van der Waals surface area contributed by atoms with Crippen molar-refractivity contribution in [3.63, 3.8) is 0 Å². The van der Waals surface area contributed by atoms with Gasteiger partial charge in [-0.2, -0.15) is 5.10 Å². The second-order valence-corrected chi connectivity index (χ2v) is 3.53. The average Bonchev–Trinajstić information content (AvgIpc) is 2.69.